The Balaban J connectivity index is 3.89. The molecule has 0 saturated heterocycles. The Kier molecular flexibility index (Phi) is 13.5. The molecule has 0 saturated carbocycles. The topological polar surface area (TPSA) is 98.8 Å². The van der Waals surface area contributed by atoms with Crippen LogP contribution in [-0.2, 0) is 33.6 Å². The van der Waals surface area contributed by atoms with Crippen molar-refractivity contribution in [3.05, 3.63) is 17.7 Å². The molecule has 234 valence electrons. The lowest BCUT2D eigenvalue weighted by atomic mass is 10.1. The van der Waals surface area contributed by atoms with Gasteiger partial charge in [0.05, 0.1) is 38.6 Å². The summed E-state index contributed by atoms with van der Waals surface area (Å²) in [6.45, 7) is 24.8. The maximum Gasteiger partial charge on any atom is 0.346 e. The summed E-state index contributed by atoms with van der Waals surface area (Å²) in [6.07, 6.45) is -1.89. The van der Waals surface area contributed by atoms with Crippen LogP contribution in [0.25, 0.3) is 0 Å². The van der Waals surface area contributed by atoms with Gasteiger partial charge in [-0.25, -0.2) is 0 Å². The fourth-order valence-corrected chi connectivity index (χ4v) is 10.6. The molecule has 12 heteroatoms. The van der Waals surface area contributed by atoms with Crippen LogP contribution in [0.1, 0.15) is 81.7 Å². The third-order valence-corrected chi connectivity index (χ3v) is 17.0. The predicted octanol–water partition coefficient (Wildman–Crippen LogP) is 9.04. The van der Waals surface area contributed by atoms with Crippen molar-refractivity contribution in [2.75, 3.05) is 14.2 Å². The summed E-state index contributed by atoms with van der Waals surface area (Å²) in [5.41, 5.74) is 0.626. The molecule has 1 rings (SSSR count). The van der Waals surface area contributed by atoms with Gasteiger partial charge in [-0.3, -0.25) is 9.13 Å². The molecule has 0 heterocycles. The van der Waals surface area contributed by atoms with Gasteiger partial charge in [0.2, 0.25) is 0 Å². The van der Waals surface area contributed by atoms with Crippen molar-refractivity contribution in [1.29, 1.82) is 0 Å². The van der Waals surface area contributed by atoms with E-state index in [4.69, 9.17) is 32.0 Å². The largest absolute Gasteiger partial charge is 0.539 e. The molecule has 1 aromatic carbocycles. The van der Waals surface area contributed by atoms with Gasteiger partial charge in [0, 0.05) is 0 Å². The molecule has 0 N–H and O–H groups in total. The zero-order valence-electron chi connectivity index (χ0n) is 27.3. The van der Waals surface area contributed by atoms with Gasteiger partial charge in [0.1, 0.15) is 0 Å². The van der Waals surface area contributed by atoms with Gasteiger partial charge in [0.25, 0.3) is 8.32 Å². The average Bonchev–Trinajstić information content (AvgIpc) is 2.74. The van der Waals surface area contributed by atoms with Crippen LogP contribution in [0.3, 0.4) is 0 Å². The number of hydrogen-bond acceptors (Lipinski definition) is 9. The van der Waals surface area contributed by atoms with Gasteiger partial charge in [-0.2, -0.15) is 0 Å². The summed E-state index contributed by atoms with van der Waals surface area (Å²) < 4.78 is 71.0. The van der Waals surface area contributed by atoms with Gasteiger partial charge in [-0.15, -0.1) is 0 Å². The van der Waals surface area contributed by atoms with E-state index in [1.165, 1.54) is 0 Å². The minimum Gasteiger partial charge on any atom is -0.539 e. The molecule has 0 amide bonds. The molecule has 9 nitrogen and oxygen atoms in total. The Morgan fingerprint density at radius 3 is 1.27 bits per heavy atom. The van der Waals surface area contributed by atoms with Crippen LogP contribution in [0.2, 0.25) is 18.1 Å². The van der Waals surface area contributed by atoms with Crippen LogP contribution in [0.5, 0.6) is 17.2 Å². The molecule has 0 aliphatic heterocycles. The molecule has 0 aliphatic rings. The lowest BCUT2D eigenvalue weighted by Crippen LogP contribution is -2.44. The Labute approximate surface area is 244 Å². The summed E-state index contributed by atoms with van der Waals surface area (Å²) in [5, 5.41) is -1.31. The molecule has 0 atom stereocenters. The monoisotopic (exact) mass is 624 g/mol. The maximum atomic E-state index is 14.6. The van der Waals surface area contributed by atoms with Crippen LogP contribution < -0.4 is 13.9 Å². The third-order valence-electron chi connectivity index (χ3n) is 6.26. The SMILES string of the molecule is COc1cc(CC(P(=O)(OC(C)C)OC(C)C)P(=O)(OC(C)C)OC(C)C)cc(OC)c1O[Si](C)(C)C(C)(C)C. The number of benzene rings is 1. The van der Waals surface area contributed by atoms with Crippen molar-refractivity contribution in [2.24, 2.45) is 0 Å². The highest BCUT2D eigenvalue weighted by Gasteiger charge is 2.53. The van der Waals surface area contributed by atoms with Gasteiger partial charge < -0.3 is 32.0 Å². The third kappa shape index (κ3) is 10.1. The van der Waals surface area contributed by atoms with E-state index in [0.717, 1.165) is 0 Å². The van der Waals surface area contributed by atoms with E-state index in [-0.39, 0.29) is 11.5 Å². The quantitative estimate of drug-likeness (QED) is 0.132. The molecule has 0 bridgehead atoms. The van der Waals surface area contributed by atoms with E-state index in [9.17, 15) is 9.13 Å². The standard InChI is InChI=1S/C28H54O9P2Si/c1-19(2)33-38(29,34-20(3)4)26(39(30,35-21(5)6)36-22(7)8)18-23-16-24(31-12)27(25(17-23)32-13)37-40(14,15)28(9,10)11/h16-17,19-22,26H,18H2,1-15H3. The first-order valence-electron chi connectivity index (χ1n) is 14.0. The molecule has 1 aromatic rings. The van der Waals surface area contributed by atoms with E-state index < -0.39 is 53.3 Å². The van der Waals surface area contributed by atoms with Crippen molar-refractivity contribution in [3.63, 3.8) is 0 Å². The normalized spacial score (nSPS) is 13.7. The van der Waals surface area contributed by atoms with Crippen LogP contribution in [0, 0.1) is 0 Å². The number of methoxy groups -OCH3 is 2. The highest BCUT2D eigenvalue weighted by molar-refractivity contribution is 7.72. The van der Waals surface area contributed by atoms with Gasteiger partial charge in [0.15, 0.2) is 22.6 Å². The maximum absolute atomic E-state index is 14.6. The predicted molar refractivity (Wildman–Crippen MR) is 165 cm³/mol. The fraction of sp³-hybridized carbons (Fsp3) is 0.786. The Morgan fingerprint density at radius 1 is 0.700 bits per heavy atom. The summed E-state index contributed by atoms with van der Waals surface area (Å²) in [5.74, 6) is 1.40. The minimum absolute atomic E-state index is 0.0134. The Hall–Kier alpha value is -0.863. The number of ether oxygens (including phenoxy) is 2. The van der Waals surface area contributed by atoms with Crippen LogP contribution in [0.15, 0.2) is 12.1 Å². The molecule has 0 unspecified atom stereocenters. The average molecular weight is 625 g/mol. The van der Waals surface area contributed by atoms with Crippen LogP contribution >= 0.6 is 15.2 Å². The van der Waals surface area contributed by atoms with Gasteiger partial charge in [-0.1, -0.05) is 20.8 Å². The molecule has 40 heavy (non-hydrogen) atoms. The van der Waals surface area contributed by atoms with E-state index in [1.807, 2.05) is 0 Å². The van der Waals surface area contributed by atoms with E-state index in [1.54, 1.807) is 81.7 Å². The molecule has 0 spiro atoms. The van der Waals surface area contributed by atoms with E-state index in [0.29, 0.717) is 22.8 Å². The zero-order chi connectivity index (χ0) is 31.3. The van der Waals surface area contributed by atoms with Crippen molar-refractivity contribution in [1.82, 2.24) is 0 Å². The first-order chi connectivity index (χ1) is 18.1. The Morgan fingerprint density at radius 2 is 1.02 bits per heavy atom. The highest BCUT2D eigenvalue weighted by atomic mass is 31.2. The lowest BCUT2D eigenvalue weighted by molar-refractivity contribution is 0.122. The Bertz CT molecular complexity index is 958. The second-order valence-electron chi connectivity index (χ2n) is 12.6. The van der Waals surface area contributed by atoms with Crippen LogP contribution in [-0.4, -0.2) is 52.4 Å². The number of rotatable bonds is 16. The molecule has 0 aliphatic carbocycles. The van der Waals surface area contributed by atoms with Gasteiger partial charge in [-0.05, 0) is 97.6 Å². The second kappa shape index (κ2) is 14.5. The summed E-state index contributed by atoms with van der Waals surface area (Å²) in [7, 11) is -7.30. The number of hydrogen-bond donors (Lipinski definition) is 0. The van der Waals surface area contributed by atoms with Crippen molar-refractivity contribution < 1.29 is 41.1 Å². The molecule has 0 aromatic heterocycles. The minimum atomic E-state index is -4.07. The smallest absolute Gasteiger partial charge is 0.346 e. The van der Waals surface area contributed by atoms with Crippen LogP contribution in [0.4, 0.5) is 0 Å². The van der Waals surface area contributed by atoms with Crippen molar-refractivity contribution in [3.8, 4) is 17.2 Å². The molecule has 0 fully saturated rings. The van der Waals surface area contributed by atoms with Gasteiger partial charge >= 0.3 is 15.2 Å². The van der Waals surface area contributed by atoms with Crippen molar-refractivity contribution >= 4 is 23.5 Å². The summed E-state index contributed by atoms with van der Waals surface area (Å²) >= 11 is 0. The highest BCUT2D eigenvalue weighted by Crippen LogP contribution is 2.72. The van der Waals surface area contributed by atoms with E-state index >= 15 is 0 Å². The zero-order valence-corrected chi connectivity index (χ0v) is 30.1. The lowest BCUT2D eigenvalue weighted by Gasteiger charge is -2.37. The molecular formula is C28H54O9P2Si. The summed E-state index contributed by atoms with van der Waals surface area (Å²) in [4.78, 5) is 0. The first-order valence-corrected chi connectivity index (χ1v) is 20.1. The molecular weight excluding hydrogens is 570 g/mol. The molecule has 0 radical (unpaired) electrons. The summed E-state index contributed by atoms with van der Waals surface area (Å²) in [6, 6.07) is 3.56. The second-order valence-corrected chi connectivity index (χ2v) is 22.0. The first kappa shape index (κ1) is 37.2. The fourth-order valence-electron chi connectivity index (χ4n) is 3.67. The van der Waals surface area contributed by atoms with Crippen molar-refractivity contribution in [2.45, 2.75) is 131 Å². The van der Waals surface area contributed by atoms with E-state index in [2.05, 4.69) is 33.9 Å².